The van der Waals surface area contributed by atoms with Crippen molar-refractivity contribution in [3.63, 3.8) is 0 Å². The standard InChI is InChI=1S/C29H25N5O4/c1-28(24-9-4-19(14-35)31-24,25-10-5-20(15-36)32-25)18-3-8-23(30-13-18)29(2,26-11-6-21(16-37)33-26)27-12-7-22(17-38)34-27/h3-17,31-34H,1-2H3. The first-order chi connectivity index (χ1) is 18.4. The number of hydrogen-bond acceptors (Lipinski definition) is 5. The second-order valence-corrected chi connectivity index (χ2v) is 9.46. The molecule has 9 nitrogen and oxygen atoms in total. The molecule has 0 fully saturated rings. The zero-order valence-corrected chi connectivity index (χ0v) is 20.7. The van der Waals surface area contributed by atoms with Crippen molar-refractivity contribution in [1.82, 2.24) is 24.9 Å². The van der Waals surface area contributed by atoms with E-state index in [0.29, 0.717) is 28.5 Å². The molecule has 5 rings (SSSR count). The minimum Gasteiger partial charge on any atom is -0.355 e. The number of hydrogen-bond donors (Lipinski definition) is 4. The molecule has 5 aromatic heterocycles. The van der Waals surface area contributed by atoms with Crippen LogP contribution in [0.1, 0.15) is 89.8 Å². The van der Waals surface area contributed by atoms with Crippen molar-refractivity contribution >= 4 is 25.1 Å². The maximum absolute atomic E-state index is 11.4. The molecule has 4 N–H and O–H groups in total. The van der Waals surface area contributed by atoms with Gasteiger partial charge in [-0.25, -0.2) is 0 Å². The van der Waals surface area contributed by atoms with Gasteiger partial charge in [-0.3, -0.25) is 24.2 Å². The smallest absolute Gasteiger partial charge is 0.166 e. The molecule has 38 heavy (non-hydrogen) atoms. The van der Waals surface area contributed by atoms with Crippen molar-refractivity contribution in [2.75, 3.05) is 0 Å². The normalized spacial score (nSPS) is 11.8. The molecule has 9 heteroatoms. The number of aromatic nitrogens is 5. The summed E-state index contributed by atoms with van der Waals surface area (Å²) >= 11 is 0. The lowest BCUT2D eigenvalue weighted by molar-refractivity contribution is 0.111. The van der Waals surface area contributed by atoms with Crippen LogP contribution in [0.4, 0.5) is 0 Å². The van der Waals surface area contributed by atoms with Crippen LogP contribution in [0.15, 0.2) is 66.9 Å². The van der Waals surface area contributed by atoms with E-state index in [2.05, 4.69) is 19.9 Å². The van der Waals surface area contributed by atoms with Crippen LogP contribution in [-0.2, 0) is 10.8 Å². The summed E-state index contributed by atoms with van der Waals surface area (Å²) < 4.78 is 0. The Kier molecular flexibility index (Phi) is 6.12. The zero-order valence-electron chi connectivity index (χ0n) is 20.7. The predicted octanol–water partition coefficient (Wildman–Crippen LogP) is 4.35. The molecule has 0 bridgehead atoms. The third-order valence-corrected chi connectivity index (χ3v) is 7.35. The Morgan fingerprint density at radius 2 is 0.895 bits per heavy atom. The predicted molar refractivity (Wildman–Crippen MR) is 140 cm³/mol. The largest absolute Gasteiger partial charge is 0.355 e. The maximum atomic E-state index is 11.4. The molecule has 0 aliphatic carbocycles. The highest BCUT2D eigenvalue weighted by Crippen LogP contribution is 2.40. The van der Waals surface area contributed by atoms with Gasteiger partial charge < -0.3 is 19.9 Å². The lowest BCUT2D eigenvalue weighted by Gasteiger charge is -2.31. The average molecular weight is 508 g/mol. The molecule has 0 aliphatic rings. The van der Waals surface area contributed by atoms with E-state index in [1.807, 2.05) is 50.2 Å². The minimum absolute atomic E-state index is 0.424. The van der Waals surface area contributed by atoms with E-state index in [4.69, 9.17) is 4.98 Å². The molecule has 0 aliphatic heterocycles. The quantitative estimate of drug-likeness (QED) is 0.208. The van der Waals surface area contributed by atoms with E-state index in [1.54, 1.807) is 30.5 Å². The van der Waals surface area contributed by atoms with E-state index >= 15 is 0 Å². The zero-order chi connectivity index (χ0) is 26.9. The monoisotopic (exact) mass is 507 g/mol. The summed E-state index contributed by atoms with van der Waals surface area (Å²) in [5.74, 6) is 0. The molecule has 190 valence electrons. The average Bonchev–Trinajstić information content (AvgIpc) is 3.78. The Morgan fingerprint density at radius 3 is 1.18 bits per heavy atom. The molecule has 5 heterocycles. The Bertz CT molecular complexity index is 1420. The Hall–Kier alpha value is -5.05. The molecule has 0 saturated carbocycles. The van der Waals surface area contributed by atoms with Crippen LogP contribution in [0, 0.1) is 0 Å². The first-order valence-corrected chi connectivity index (χ1v) is 11.9. The highest BCUT2D eigenvalue weighted by Gasteiger charge is 2.38. The second-order valence-electron chi connectivity index (χ2n) is 9.46. The summed E-state index contributed by atoms with van der Waals surface area (Å²) in [5.41, 5.74) is 4.49. The highest BCUT2D eigenvalue weighted by molar-refractivity contribution is 5.74. The molecule has 0 radical (unpaired) electrons. The number of nitrogens with one attached hydrogen (secondary N) is 4. The summed E-state index contributed by atoms with van der Waals surface area (Å²) in [4.78, 5) is 63.1. The van der Waals surface area contributed by atoms with Crippen LogP contribution < -0.4 is 0 Å². The third-order valence-electron chi connectivity index (χ3n) is 7.35. The van der Waals surface area contributed by atoms with E-state index < -0.39 is 10.8 Å². The number of carbonyl (C=O) groups is 4. The molecular weight excluding hydrogens is 482 g/mol. The number of carbonyl (C=O) groups excluding carboxylic acids is 4. The van der Waals surface area contributed by atoms with Crippen molar-refractivity contribution in [3.05, 3.63) is 124 Å². The summed E-state index contributed by atoms with van der Waals surface area (Å²) in [7, 11) is 0. The van der Waals surface area contributed by atoms with Gasteiger partial charge in [0.15, 0.2) is 25.1 Å². The topological polar surface area (TPSA) is 144 Å². The van der Waals surface area contributed by atoms with Gasteiger partial charge in [0, 0.05) is 29.0 Å². The van der Waals surface area contributed by atoms with Crippen molar-refractivity contribution in [2.24, 2.45) is 0 Å². The lowest BCUT2D eigenvalue weighted by atomic mass is 9.76. The van der Waals surface area contributed by atoms with Crippen LogP contribution in [0.25, 0.3) is 0 Å². The molecule has 5 aromatic rings. The third kappa shape index (κ3) is 3.85. The van der Waals surface area contributed by atoms with Crippen molar-refractivity contribution in [3.8, 4) is 0 Å². The highest BCUT2D eigenvalue weighted by atomic mass is 16.1. The fourth-order valence-corrected chi connectivity index (χ4v) is 4.95. The maximum Gasteiger partial charge on any atom is 0.166 e. The van der Waals surface area contributed by atoms with Crippen LogP contribution in [-0.4, -0.2) is 50.1 Å². The molecule has 0 spiro atoms. The van der Waals surface area contributed by atoms with E-state index in [0.717, 1.165) is 53.5 Å². The Labute approximate surface area is 217 Å². The van der Waals surface area contributed by atoms with Gasteiger partial charge in [-0.2, -0.15) is 0 Å². The summed E-state index contributed by atoms with van der Waals surface area (Å²) in [6, 6.07) is 18.0. The number of rotatable bonds is 10. The second kappa shape index (κ2) is 9.44. The fraction of sp³-hybridized carbons (Fsp3) is 0.138. The van der Waals surface area contributed by atoms with Crippen molar-refractivity contribution in [1.29, 1.82) is 0 Å². The van der Waals surface area contributed by atoms with Gasteiger partial charge in [0.05, 0.1) is 39.3 Å². The van der Waals surface area contributed by atoms with Crippen LogP contribution in [0.5, 0.6) is 0 Å². The number of aldehydes is 4. The fourth-order valence-electron chi connectivity index (χ4n) is 4.95. The molecule has 0 atom stereocenters. The first kappa shape index (κ1) is 24.6. The van der Waals surface area contributed by atoms with Crippen LogP contribution in [0.2, 0.25) is 0 Å². The molecule has 0 saturated heterocycles. The van der Waals surface area contributed by atoms with Gasteiger partial charge in [0.25, 0.3) is 0 Å². The van der Waals surface area contributed by atoms with Gasteiger partial charge in [-0.05, 0) is 74.0 Å². The van der Waals surface area contributed by atoms with E-state index in [-0.39, 0.29) is 0 Å². The van der Waals surface area contributed by atoms with Crippen LogP contribution >= 0.6 is 0 Å². The minimum atomic E-state index is -0.842. The van der Waals surface area contributed by atoms with E-state index in [1.165, 1.54) is 0 Å². The Balaban J connectivity index is 1.65. The number of pyridine rings is 1. The molecule has 0 amide bonds. The lowest BCUT2D eigenvalue weighted by Crippen LogP contribution is -2.30. The summed E-state index contributed by atoms with van der Waals surface area (Å²) in [6.07, 6.45) is 4.73. The van der Waals surface area contributed by atoms with Gasteiger partial charge >= 0.3 is 0 Å². The van der Waals surface area contributed by atoms with Gasteiger partial charge in [0.2, 0.25) is 0 Å². The van der Waals surface area contributed by atoms with Crippen LogP contribution in [0.3, 0.4) is 0 Å². The van der Waals surface area contributed by atoms with Crippen molar-refractivity contribution in [2.45, 2.75) is 24.7 Å². The van der Waals surface area contributed by atoms with Crippen molar-refractivity contribution < 1.29 is 19.2 Å². The first-order valence-electron chi connectivity index (χ1n) is 11.9. The van der Waals surface area contributed by atoms with Gasteiger partial charge in [-0.15, -0.1) is 0 Å². The number of aromatic amines is 4. The molecular formula is C29H25N5O4. The van der Waals surface area contributed by atoms with Gasteiger partial charge in [-0.1, -0.05) is 6.07 Å². The summed E-state index contributed by atoms with van der Waals surface area (Å²) in [6.45, 7) is 3.93. The molecule has 0 aromatic carbocycles. The number of H-pyrrole nitrogens is 4. The SMILES string of the molecule is CC(c1ccc(C(C)(c2ccc(C=O)[nH]2)c2ccc(C=O)[nH]2)nc1)(c1ccc(C=O)[nH]1)c1ccc(C=O)[nH]1. The Morgan fingerprint density at radius 1 is 0.526 bits per heavy atom. The molecule has 0 unspecified atom stereocenters. The van der Waals surface area contributed by atoms with Gasteiger partial charge in [0.1, 0.15) is 0 Å². The number of nitrogens with zero attached hydrogens (tertiary/aromatic N) is 1. The summed E-state index contributed by atoms with van der Waals surface area (Å²) in [5, 5.41) is 0. The van der Waals surface area contributed by atoms with E-state index in [9.17, 15) is 19.2 Å².